The first-order valence-corrected chi connectivity index (χ1v) is 9.79. The van der Waals surface area contributed by atoms with Crippen LogP contribution < -0.4 is 9.29 Å². The van der Waals surface area contributed by atoms with Gasteiger partial charge >= 0.3 is 5.82 Å². The third-order valence-electron chi connectivity index (χ3n) is 3.50. The molecule has 0 aliphatic carbocycles. The minimum Gasteiger partial charge on any atom is -0.256 e. The van der Waals surface area contributed by atoms with Gasteiger partial charge in [-0.2, -0.15) is 0 Å². The molecule has 8 heteroatoms. The van der Waals surface area contributed by atoms with Crippen molar-refractivity contribution >= 4 is 38.2 Å². The van der Waals surface area contributed by atoms with Crippen LogP contribution in [-0.4, -0.2) is 18.4 Å². The molecule has 1 N–H and O–H groups in total. The number of para-hydroxylation sites is 2. The van der Waals surface area contributed by atoms with Gasteiger partial charge in [0.1, 0.15) is 9.73 Å². The average molecular weight is 369 g/mol. The smallest absolute Gasteiger partial charge is 0.256 e. The molecule has 0 radical (unpaired) electrons. The highest BCUT2D eigenvalue weighted by Gasteiger charge is 2.25. The minimum atomic E-state index is -3.72. The highest BCUT2D eigenvalue weighted by molar-refractivity contribution is 7.94. The lowest BCUT2D eigenvalue weighted by molar-refractivity contribution is -0.598. The highest BCUT2D eigenvalue weighted by atomic mass is 32.2. The predicted octanol–water partition coefficient (Wildman–Crippen LogP) is 2.77. The minimum absolute atomic E-state index is 0.184. The first-order chi connectivity index (χ1) is 12.1. The molecule has 0 bridgehead atoms. The Morgan fingerprint density at radius 1 is 0.880 bits per heavy atom. The van der Waals surface area contributed by atoms with Crippen LogP contribution in [0.3, 0.4) is 0 Å². The Bertz CT molecular complexity index is 1130. The number of sulfonamides is 1. The molecule has 4 aromatic rings. The Morgan fingerprint density at radius 2 is 1.60 bits per heavy atom. The lowest BCUT2D eigenvalue weighted by atomic mass is 10.3. The Hall–Kier alpha value is -2.84. The summed E-state index contributed by atoms with van der Waals surface area (Å²) in [6.45, 7) is 0. The molecule has 3 aromatic heterocycles. The fourth-order valence-corrected chi connectivity index (χ4v) is 4.37. The summed E-state index contributed by atoms with van der Waals surface area (Å²) in [5.41, 5.74) is 1.31. The monoisotopic (exact) mass is 369 g/mol. The van der Waals surface area contributed by atoms with E-state index in [0.29, 0.717) is 16.9 Å². The van der Waals surface area contributed by atoms with Gasteiger partial charge in [-0.25, -0.2) is 18.0 Å². The molecule has 4 rings (SSSR count). The van der Waals surface area contributed by atoms with E-state index in [-0.39, 0.29) is 10.0 Å². The molecule has 0 fully saturated rings. The van der Waals surface area contributed by atoms with Gasteiger partial charge in [-0.05, 0) is 40.7 Å². The number of hydrogen-bond donors (Lipinski definition) is 1. The van der Waals surface area contributed by atoms with E-state index in [0.717, 1.165) is 11.3 Å². The Balaban J connectivity index is 1.89. The number of anilines is 1. The zero-order valence-electron chi connectivity index (χ0n) is 12.9. The van der Waals surface area contributed by atoms with Gasteiger partial charge in [0.2, 0.25) is 11.3 Å². The third-order valence-corrected chi connectivity index (χ3v) is 6.24. The van der Waals surface area contributed by atoms with Crippen molar-refractivity contribution in [3.05, 3.63) is 72.4 Å². The summed E-state index contributed by atoms with van der Waals surface area (Å²) in [5, 5.41) is 1.72. The lowest BCUT2D eigenvalue weighted by Gasteiger charge is -2.07. The second-order valence-corrected chi connectivity index (χ2v) is 8.06. The summed E-state index contributed by atoms with van der Waals surface area (Å²) >= 11 is 1.15. The molecule has 0 amide bonds. The maximum Gasteiger partial charge on any atom is 0.372 e. The number of rotatable bonds is 4. The third kappa shape index (κ3) is 3.09. The molecule has 0 atom stereocenters. The second kappa shape index (κ2) is 6.23. The van der Waals surface area contributed by atoms with Crippen molar-refractivity contribution in [2.45, 2.75) is 4.21 Å². The van der Waals surface area contributed by atoms with Gasteiger partial charge in [0.05, 0.1) is 12.4 Å². The quantitative estimate of drug-likeness (QED) is 0.561. The van der Waals surface area contributed by atoms with E-state index >= 15 is 0 Å². The van der Waals surface area contributed by atoms with Gasteiger partial charge in [-0.15, -0.1) is 11.3 Å². The molecule has 3 heterocycles. The molecule has 0 saturated carbocycles. The molecule has 1 aromatic carbocycles. The maximum atomic E-state index is 12.6. The van der Waals surface area contributed by atoms with E-state index in [4.69, 9.17) is 0 Å². The van der Waals surface area contributed by atoms with Gasteiger partial charge in [0, 0.05) is 0 Å². The topological polar surface area (TPSA) is 75.8 Å². The molecular weight excluding hydrogens is 356 g/mol. The summed E-state index contributed by atoms with van der Waals surface area (Å²) in [7, 11) is -3.72. The van der Waals surface area contributed by atoms with E-state index in [9.17, 15) is 8.42 Å². The summed E-state index contributed by atoms with van der Waals surface area (Å²) < 4.78 is 29.7. The van der Waals surface area contributed by atoms with E-state index < -0.39 is 10.0 Å². The number of benzene rings is 1. The Morgan fingerprint density at radius 3 is 2.28 bits per heavy atom. The van der Waals surface area contributed by atoms with Crippen LogP contribution in [0.1, 0.15) is 0 Å². The fraction of sp³-hybridized carbons (Fsp3) is 0. The molecule has 0 saturated heterocycles. The van der Waals surface area contributed by atoms with Crippen LogP contribution in [0.2, 0.25) is 0 Å². The summed E-state index contributed by atoms with van der Waals surface area (Å²) in [5.74, 6) is 0.600. The van der Waals surface area contributed by atoms with Gasteiger partial charge in [-0.3, -0.25) is 4.72 Å². The SMILES string of the molecule is O=S(=O)(Nc1nc2ccccc2nc1-[n+]1ccccc1)c1cccs1. The highest BCUT2D eigenvalue weighted by Crippen LogP contribution is 2.22. The van der Waals surface area contributed by atoms with Crippen molar-refractivity contribution in [3.8, 4) is 5.82 Å². The molecule has 0 spiro atoms. The standard InChI is InChI=1S/C17H13N4O2S2/c22-25(23,15-9-6-12-24-15)20-16-17(21-10-4-1-5-11-21)19-14-8-3-2-7-13(14)18-16/h1-12H,(H,18,20)/q+1. The second-order valence-electron chi connectivity index (χ2n) is 5.20. The van der Waals surface area contributed by atoms with E-state index in [2.05, 4.69) is 14.7 Å². The average Bonchev–Trinajstić information content (AvgIpc) is 3.17. The first-order valence-electron chi connectivity index (χ1n) is 7.43. The van der Waals surface area contributed by atoms with Gasteiger partial charge < -0.3 is 0 Å². The van der Waals surface area contributed by atoms with Crippen molar-refractivity contribution in [2.24, 2.45) is 0 Å². The van der Waals surface area contributed by atoms with Crippen molar-refractivity contribution in [1.82, 2.24) is 9.97 Å². The maximum absolute atomic E-state index is 12.6. The fourth-order valence-electron chi connectivity index (χ4n) is 2.37. The largest absolute Gasteiger partial charge is 0.372 e. The number of nitrogens with one attached hydrogen (secondary N) is 1. The molecular formula is C17H13N4O2S2+. The number of aromatic nitrogens is 3. The lowest BCUT2D eigenvalue weighted by Crippen LogP contribution is -2.33. The molecule has 124 valence electrons. The van der Waals surface area contributed by atoms with E-state index in [1.165, 1.54) is 0 Å². The van der Waals surface area contributed by atoms with Gasteiger partial charge in [0.15, 0.2) is 0 Å². The molecule has 0 unspecified atom stereocenters. The van der Waals surface area contributed by atoms with Crippen LogP contribution in [0, 0.1) is 0 Å². The number of thiophene rings is 1. The summed E-state index contributed by atoms with van der Waals surface area (Å²) in [6.07, 6.45) is 3.59. The summed E-state index contributed by atoms with van der Waals surface area (Å²) in [4.78, 5) is 9.07. The van der Waals surface area contributed by atoms with Crippen molar-refractivity contribution < 1.29 is 13.0 Å². The number of nitrogens with zero attached hydrogens (tertiary/aromatic N) is 3. The number of hydrogen-bond acceptors (Lipinski definition) is 5. The predicted molar refractivity (Wildman–Crippen MR) is 96.2 cm³/mol. The molecule has 0 aliphatic heterocycles. The normalized spacial score (nSPS) is 11.5. The zero-order chi connectivity index (χ0) is 17.3. The van der Waals surface area contributed by atoms with Crippen LogP contribution >= 0.6 is 11.3 Å². The van der Waals surface area contributed by atoms with Crippen molar-refractivity contribution in [2.75, 3.05) is 4.72 Å². The van der Waals surface area contributed by atoms with Gasteiger partial charge in [-0.1, -0.05) is 24.3 Å². The number of pyridine rings is 1. The van der Waals surface area contributed by atoms with Crippen LogP contribution in [0.5, 0.6) is 0 Å². The van der Waals surface area contributed by atoms with Crippen LogP contribution in [0.4, 0.5) is 5.82 Å². The van der Waals surface area contributed by atoms with E-state index in [1.54, 1.807) is 40.5 Å². The van der Waals surface area contributed by atoms with Crippen LogP contribution in [-0.2, 0) is 10.0 Å². The van der Waals surface area contributed by atoms with Crippen LogP contribution in [0.25, 0.3) is 16.9 Å². The van der Waals surface area contributed by atoms with Gasteiger partial charge in [0.25, 0.3) is 10.0 Å². The molecule has 0 aliphatic rings. The van der Waals surface area contributed by atoms with E-state index in [1.807, 2.05) is 36.4 Å². The van der Waals surface area contributed by atoms with Crippen molar-refractivity contribution in [1.29, 1.82) is 0 Å². The Labute approximate surface area is 148 Å². The zero-order valence-corrected chi connectivity index (χ0v) is 14.5. The van der Waals surface area contributed by atoms with Crippen molar-refractivity contribution in [3.63, 3.8) is 0 Å². The molecule has 6 nitrogen and oxygen atoms in total. The summed E-state index contributed by atoms with van der Waals surface area (Å²) in [6, 6.07) is 16.1. The number of fused-ring (bicyclic) bond motifs is 1. The molecule has 25 heavy (non-hydrogen) atoms. The Kier molecular flexibility index (Phi) is 3.90. The van der Waals surface area contributed by atoms with Crippen LogP contribution in [0.15, 0.2) is 76.6 Å². The first kappa shape index (κ1) is 15.7.